The van der Waals surface area contributed by atoms with Gasteiger partial charge in [0.25, 0.3) is 0 Å². The van der Waals surface area contributed by atoms with E-state index in [1.54, 1.807) is 0 Å². The van der Waals surface area contributed by atoms with E-state index in [4.69, 9.17) is 0 Å². The summed E-state index contributed by atoms with van der Waals surface area (Å²) in [6, 6.07) is 15.8. The number of nitrogens with one attached hydrogen (secondary N) is 3. The highest BCUT2D eigenvalue weighted by Crippen LogP contribution is 2.50. The number of nitrogens with zero attached hydrogens (tertiary/aromatic N) is 1. The largest absolute Gasteiger partial charge is 0.369 e. The number of H-pyrrole nitrogens is 1. The lowest BCUT2D eigenvalue weighted by Gasteiger charge is -2.19. The van der Waals surface area contributed by atoms with Crippen LogP contribution >= 0.6 is 0 Å². The molecule has 0 saturated carbocycles. The lowest BCUT2D eigenvalue weighted by atomic mass is 9.83. The van der Waals surface area contributed by atoms with E-state index >= 15 is 0 Å². The van der Waals surface area contributed by atoms with Gasteiger partial charge >= 0.3 is 0 Å². The minimum absolute atomic E-state index is 0.405. The first-order valence-electron chi connectivity index (χ1n) is 9.56. The summed E-state index contributed by atoms with van der Waals surface area (Å²) in [4.78, 5) is 5.96. The number of fused-ring (bicyclic) bond motifs is 4. The van der Waals surface area contributed by atoms with Gasteiger partial charge in [-0.15, -0.1) is 0 Å². The van der Waals surface area contributed by atoms with Crippen molar-refractivity contribution < 1.29 is 0 Å². The first-order valence-corrected chi connectivity index (χ1v) is 9.56. The topological polar surface area (TPSA) is 43.1 Å². The van der Waals surface area contributed by atoms with E-state index in [1.165, 1.54) is 33.3 Å². The SMILES string of the molecule is CNCCc1c[nH]c2cc([C@@H]3CN(C)[C@H]4Nc5ccccc5[C@@H]34)ccc12. The predicted molar refractivity (Wildman–Crippen MR) is 108 cm³/mol. The summed E-state index contributed by atoms with van der Waals surface area (Å²) < 4.78 is 0. The number of likely N-dealkylation sites (tertiary alicyclic amines) is 1. The Morgan fingerprint density at radius 1 is 1.19 bits per heavy atom. The van der Waals surface area contributed by atoms with Gasteiger partial charge in [0.05, 0.1) is 6.17 Å². The quantitative estimate of drug-likeness (QED) is 0.677. The molecule has 0 amide bonds. The van der Waals surface area contributed by atoms with Crippen molar-refractivity contribution >= 4 is 16.6 Å². The molecule has 5 rings (SSSR count). The molecule has 0 unspecified atom stereocenters. The Balaban J connectivity index is 1.51. The zero-order valence-corrected chi connectivity index (χ0v) is 15.4. The minimum atomic E-state index is 0.405. The van der Waals surface area contributed by atoms with Crippen LogP contribution in [0.15, 0.2) is 48.7 Å². The van der Waals surface area contributed by atoms with E-state index in [1.807, 2.05) is 7.05 Å². The van der Waals surface area contributed by atoms with Gasteiger partial charge in [-0.2, -0.15) is 0 Å². The monoisotopic (exact) mass is 346 g/mol. The van der Waals surface area contributed by atoms with E-state index in [9.17, 15) is 0 Å². The van der Waals surface area contributed by atoms with Crippen LogP contribution < -0.4 is 10.6 Å². The van der Waals surface area contributed by atoms with Gasteiger partial charge in [0, 0.05) is 41.2 Å². The van der Waals surface area contributed by atoms with Crippen molar-refractivity contribution in [3.05, 3.63) is 65.4 Å². The highest BCUT2D eigenvalue weighted by atomic mass is 15.3. The van der Waals surface area contributed by atoms with Crippen molar-refractivity contribution in [3.63, 3.8) is 0 Å². The third kappa shape index (κ3) is 2.37. The number of hydrogen-bond acceptors (Lipinski definition) is 3. The Morgan fingerprint density at radius 2 is 2.08 bits per heavy atom. The Bertz CT molecular complexity index is 944. The van der Waals surface area contributed by atoms with Gasteiger partial charge < -0.3 is 15.6 Å². The molecule has 1 aromatic heterocycles. The molecular weight excluding hydrogens is 320 g/mol. The lowest BCUT2D eigenvalue weighted by molar-refractivity contribution is 0.333. The molecule has 0 spiro atoms. The Kier molecular flexibility index (Phi) is 3.76. The van der Waals surface area contributed by atoms with Crippen molar-refractivity contribution in [1.29, 1.82) is 0 Å². The molecule has 2 aromatic carbocycles. The maximum absolute atomic E-state index is 3.72. The van der Waals surface area contributed by atoms with Crippen molar-refractivity contribution in [2.24, 2.45) is 0 Å². The summed E-state index contributed by atoms with van der Waals surface area (Å²) >= 11 is 0. The molecular formula is C22H26N4. The number of likely N-dealkylation sites (N-methyl/N-ethyl adjacent to an activating group) is 2. The first-order chi connectivity index (χ1) is 12.8. The van der Waals surface area contributed by atoms with Gasteiger partial charge in [-0.05, 0) is 55.9 Å². The molecule has 0 aliphatic carbocycles. The highest BCUT2D eigenvalue weighted by Gasteiger charge is 2.46. The van der Waals surface area contributed by atoms with E-state index in [0.717, 1.165) is 19.5 Å². The van der Waals surface area contributed by atoms with E-state index in [-0.39, 0.29) is 0 Å². The molecule has 2 aliphatic rings. The van der Waals surface area contributed by atoms with Crippen LogP contribution in [0, 0.1) is 0 Å². The Labute approximate surface area is 154 Å². The molecule has 4 nitrogen and oxygen atoms in total. The van der Waals surface area contributed by atoms with Crippen LogP contribution in [-0.2, 0) is 6.42 Å². The fourth-order valence-electron chi connectivity index (χ4n) is 4.91. The lowest BCUT2D eigenvalue weighted by Crippen LogP contribution is -2.31. The zero-order chi connectivity index (χ0) is 17.7. The molecule has 1 saturated heterocycles. The van der Waals surface area contributed by atoms with Gasteiger partial charge in [-0.25, -0.2) is 0 Å². The third-order valence-corrected chi connectivity index (χ3v) is 6.22. The van der Waals surface area contributed by atoms with Crippen molar-refractivity contribution in [3.8, 4) is 0 Å². The first kappa shape index (κ1) is 15.9. The molecule has 26 heavy (non-hydrogen) atoms. The van der Waals surface area contributed by atoms with Gasteiger partial charge in [0.1, 0.15) is 0 Å². The minimum Gasteiger partial charge on any atom is -0.369 e. The second-order valence-corrected chi connectivity index (χ2v) is 7.72. The molecule has 3 heterocycles. The highest BCUT2D eigenvalue weighted by molar-refractivity contribution is 5.84. The fraction of sp³-hybridized carbons (Fsp3) is 0.364. The smallest absolute Gasteiger partial charge is 0.0868 e. The summed E-state index contributed by atoms with van der Waals surface area (Å²) in [6.45, 7) is 2.10. The maximum atomic E-state index is 3.72. The second kappa shape index (κ2) is 6.15. The van der Waals surface area contributed by atoms with Crippen molar-refractivity contribution in [1.82, 2.24) is 15.2 Å². The van der Waals surface area contributed by atoms with Gasteiger partial charge in [0.2, 0.25) is 0 Å². The maximum Gasteiger partial charge on any atom is 0.0868 e. The summed E-state index contributed by atoms with van der Waals surface area (Å²) in [5.41, 5.74) is 6.87. The van der Waals surface area contributed by atoms with Crippen LogP contribution in [0.3, 0.4) is 0 Å². The van der Waals surface area contributed by atoms with Crippen LogP contribution in [0.2, 0.25) is 0 Å². The third-order valence-electron chi connectivity index (χ3n) is 6.22. The number of benzene rings is 2. The Morgan fingerprint density at radius 3 is 2.96 bits per heavy atom. The molecule has 0 bridgehead atoms. The average Bonchev–Trinajstić information content (AvgIpc) is 3.33. The van der Waals surface area contributed by atoms with Crippen LogP contribution in [-0.4, -0.2) is 43.2 Å². The van der Waals surface area contributed by atoms with Crippen molar-refractivity contribution in [2.75, 3.05) is 32.5 Å². The number of anilines is 1. The number of aromatic amines is 1. The molecule has 2 aliphatic heterocycles. The van der Waals surface area contributed by atoms with Gasteiger partial charge in [-0.3, -0.25) is 4.90 Å². The fourth-order valence-corrected chi connectivity index (χ4v) is 4.91. The summed E-state index contributed by atoms with van der Waals surface area (Å²) in [5.74, 6) is 1.04. The zero-order valence-electron chi connectivity index (χ0n) is 15.4. The molecule has 134 valence electrons. The van der Waals surface area contributed by atoms with Crippen LogP contribution in [0.25, 0.3) is 10.9 Å². The van der Waals surface area contributed by atoms with E-state index < -0.39 is 0 Å². The second-order valence-electron chi connectivity index (χ2n) is 7.72. The van der Waals surface area contributed by atoms with Crippen molar-refractivity contribution in [2.45, 2.75) is 24.4 Å². The number of aromatic nitrogens is 1. The van der Waals surface area contributed by atoms with Crippen LogP contribution in [0.4, 0.5) is 5.69 Å². The molecule has 3 atom stereocenters. The summed E-state index contributed by atoms with van der Waals surface area (Å²) in [7, 11) is 4.24. The number of hydrogen-bond donors (Lipinski definition) is 3. The normalized spacial score (nSPS) is 24.6. The van der Waals surface area contributed by atoms with E-state index in [0.29, 0.717) is 18.0 Å². The number of rotatable bonds is 4. The van der Waals surface area contributed by atoms with Crippen LogP contribution in [0.5, 0.6) is 0 Å². The summed E-state index contributed by atoms with van der Waals surface area (Å²) in [5, 5.41) is 8.32. The van der Waals surface area contributed by atoms with Crippen LogP contribution in [0.1, 0.15) is 28.5 Å². The average molecular weight is 346 g/mol. The van der Waals surface area contributed by atoms with Gasteiger partial charge in [-0.1, -0.05) is 30.3 Å². The molecule has 3 N–H and O–H groups in total. The summed E-state index contributed by atoms with van der Waals surface area (Å²) in [6.07, 6.45) is 3.63. The standard InChI is InChI=1S/C22H26N4/c1-23-10-9-15-12-24-20-11-14(7-8-16(15)20)18-13-26(2)22-21(18)17-5-3-4-6-19(17)25-22/h3-8,11-12,18,21-25H,9-10,13H2,1-2H3/t18-,21-,22+/m0/s1. The molecule has 1 fully saturated rings. The van der Waals surface area contributed by atoms with E-state index in [2.05, 4.69) is 76.2 Å². The number of para-hydroxylation sites is 1. The Hall–Kier alpha value is -2.30. The van der Waals surface area contributed by atoms with Gasteiger partial charge in [0.15, 0.2) is 0 Å². The molecule has 4 heteroatoms. The predicted octanol–water partition coefficient (Wildman–Crippen LogP) is 3.49. The molecule has 3 aromatic rings. The molecule has 0 radical (unpaired) electrons.